The minimum atomic E-state index is -0.526. The molecule has 3 rings (SSSR count). The lowest BCUT2D eigenvalue weighted by Gasteiger charge is -2.27. The van der Waals surface area contributed by atoms with Gasteiger partial charge in [0.05, 0.1) is 10.2 Å². The monoisotopic (exact) mass is 469 g/mol. The molecule has 0 aliphatic rings. The molecule has 2 aromatic carbocycles. The number of fused-ring (bicyclic) bond motifs is 1. The lowest BCUT2D eigenvalue weighted by Crippen LogP contribution is -2.39. The molecule has 1 aromatic heterocycles. The number of nitrogens with one attached hydrogen (secondary N) is 2. The zero-order valence-corrected chi connectivity index (χ0v) is 19.0. The van der Waals surface area contributed by atoms with Crippen molar-refractivity contribution in [3.8, 4) is 0 Å². The number of rotatable bonds is 4. The molecule has 5 nitrogen and oxygen atoms in total. The van der Waals surface area contributed by atoms with E-state index < -0.39 is 5.41 Å². The van der Waals surface area contributed by atoms with Gasteiger partial charge in [-0.05, 0) is 48.7 Å². The van der Waals surface area contributed by atoms with Gasteiger partial charge in [-0.15, -0.1) is 0 Å². The highest BCUT2D eigenvalue weighted by Gasteiger charge is 2.27. The van der Waals surface area contributed by atoms with Crippen LogP contribution in [0.15, 0.2) is 42.5 Å². The standard InChI is InChI=1S/C18H17ClFN3S2.CH4N2S/c1-18(2,15-11(19)6-5-7-12(15)20)10-21-16(24)23-17-22-13-8-3-4-9-14(13)25-17;2-1(3)4/h3-9H,10H2,1-2H3,(H2,21,22,23,24);(H4,2,3,4). The second-order valence-corrected chi connectivity index (χ2v) is 8.99. The summed E-state index contributed by atoms with van der Waals surface area (Å²) >= 11 is 17.1. The molecule has 0 aliphatic heterocycles. The predicted molar refractivity (Wildman–Crippen MR) is 129 cm³/mol. The van der Waals surface area contributed by atoms with Crippen molar-refractivity contribution >= 4 is 72.9 Å². The van der Waals surface area contributed by atoms with Crippen LogP contribution in [0.1, 0.15) is 19.4 Å². The third-order valence-electron chi connectivity index (χ3n) is 3.84. The first kappa shape index (κ1) is 23.2. The first-order valence-corrected chi connectivity index (χ1v) is 10.5. The van der Waals surface area contributed by atoms with Crippen molar-refractivity contribution in [2.24, 2.45) is 11.5 Å². The zero-order chi connectivity index (χ0) is 21.6. The second-order valence-electron chi connectivity index (χ2n) is 6.68. The van der Waals surface area contributed by atoms with Crippen LogP contribution in [0.4, 0.5) is 9.52 Å². The molecule has 0 unspecified atom stereocenters. The van der Waals surface area contributed by atoms with E-state index in [0.29, 0.717) is 22.2 Å². The summed E-state index contributed by atoms with van der Waals surface area (Å²) in [6, 6.07) is 12.6. The summed E-state index contributed by atoms with van der Waals surface area (Å²) in [5, 5.41) is 7.80. The summed E-state index contributed by atoms with van der Waals surface area (Å²) in [5.41, 5.74) is 10.1. The summed E-state index contributed by atoms with van der Waals surface area (Å²) in [6.07, 6.45) is 0. The predicted octanol–water partition coefficient (Wildman–Crippen LogP) is 4.54. The number of thiocarbonyl (C=S) groups is 2. The van der Waals surface area contributed by atoms with Crippen LogP contribution in [0.3, 0.4) is 0 Å². The number of hydrogen-bond donors (Lipinski definition) is 4. The van der Waals surface area contributed by atoms with E-state index in [1.165, 1.54) is 17.4 Å². The van der Waals surface area contributed by atoms with Crippen LogP contribution in [-0.2, 0) is 5.41 Å². The van der Waals surface area contributed by atoms with Gasteiger partial charge in [0.2, 0.25) is 0 Å². The molecule has 0 saturated carbocycles. The number of thiazole rings is 1. The number of hydrogen-bond acceptors (Lipinski definition) is 4. The Hall–Kier alpha value is -2.07. The molecule has 0 atom stereocenters. The van der Waals surface area contributed by atoms with Gasteiger partial charge in [0.15, 0.2) is 15.4 Å². The Morgan fingerprint density at radius 2 is 1.83 bits per heavy atom. The summed E-state index contributed by atoms with van der Waals surface area (Å²) in [4.78, 5) is 4.48. The van der Waals surface area contributed by atoms with Crippen LogP contribution in [0.25, 0.3) is 10.2 Å². The molecule has 3 aromatic rings. The van der Waals surface area contributed by atoms with Crippen molar-refractivity contribution in [1.82, 2.24) is 10.3 Å². The topological polar surface area (TPSA) is 89.0 Å². The summed E-state index contributed by atoms with van der Waals surface area (Å²) in [6.45, 7) is 4.28. The highest BCUT2D eigenvalue weighted by molar-refractivity contribution is 7.80. The molecule has 154 valence electrons. The Morgan fingerprint density at radius 3 is 2.45 bits per heavy atom. The van der Waals surface area contributed by atoms with E-state index in [0.717, 1.165) is 15.3 Å². The van der Waals surface area contributed by atoms with Gasteiger partial charge in [0, 0.05) is 22.5 Å². The van der Waals surface area contributed by atoms with E-state index in [-0.39, 0.29) is 10.9 Å². The number of aromatic nitrogens is 1. The van der Waals surface area contributed by atoms with Gasteiger partial charge in [-0.1, -0.05) is 55.0 Å². The molecular weight excluding hydrogens is 449 g/mol. The van der Waals surface area contributed by atoms with Gasteiger partial charge >= 0.3 is 0 Å². The molecule has 0 amide bonds. The van der Waals surface area contributed by atoms with E-state index in [1.807, 2.05) is 38.1 Å². The Bertz CT molecular complexity index is 965. The fourth-order valence-electron chi connectivity index (χ4n) is 2.60. The van der Waals surface area contributed by atoms with Gasteiger partial charge < -0.3 is 22.1 Å². The summed E-state index contributed by atoms with van der Waals surface area (Å²) in [5.74, 6) is -0.315. The average Bonchev–Trinajstić information content (AvgIpc) is 3.01. The molecule has 0 spiro atoms. The largest absolute Gasteiger partial charge is 0.377 e. The first-order valence-electron chi connectivity index (χ1n) is 8.50. The molecule has 29 heavy (non-hydrogen) atoms. The normalized spacial score (nSPS) is 10.8. The number of para-hydroxylation sites is 1. The number of halogens is 2. The quantitative estimate of drug-likeness (QED) is 0.417. The number of benzene rings is 2. The highest BCUT2D eigenvalue weighted by atomic mass is 35.5. The van der Waals surface area contributed by atoms with Crippen LogP contribution < -0.4 is 22.1 Å². The van der Waals surface area contributed by atoms with E-state index >= 15 is 0 Å². The number of anilines is 1. The van der Waals surface area contributed by atoms with Crippen LogP contribution in [-0.4, -0.2) is 21.8 Å². The smallest absolute Gasteiger partial charge is 0.190 e. The second kappa shape index (κ2) is 10.1. The van der Waals surface area contributed by atoms with Gasteiger partial charge in [0.1, 0.15) is 5.82 Å². The van der Waals surface area contributed by atoms with Gasteiger partial charge in [-0.3, -0.25) is 0 Å². The van der Waals surface area contributed by atoms with Crippen molar-refractivity contribution < 1.29 is 4.39 Å². The molecule has 0 saturated heterocycles. The van der Waals surface area contributed by atoms with Crippen LogP contribution in [0.2, 0.25) is 5.02 Å². The van der Waals surface area contributed by atoms with Crippen LogP contribution >= 0.6 is 47.4 Å². The van der Waals surface area contributed by atoms with E-state index in [1.54, 1.807) is 12.1 Å². The van der Waals surface area contributed by atoms with E-state index in [9.17, 15) is 4.39 Å². The van der Waals surface area contributed by atoms with E-state index in [2.05, 4.69) is 39.3 Å². The maximum atomic E-state index is 14.2. The third-order valence-corrected chi connectivity index (χ3v) is 5.36. The van der Waals surface area contributed by atoms with Gasteiger partial charge in [-0.25, -0.2) is 9.37 Å². The first-order chi connectivity index (χ1) is 13.6. The molecule has 10 heteroatoms. The van der Waals surface area contributed by atoms with Crippen LogP contribution in [0, 0.1) is 5.82 Å². The molecule has 0 radical (unpaired) electrons. The number of nitrogens with zero attached hydrogens (tertiary/aromatic N) is 1. The lowest BCUT2D eigenvalue weighted by atomic mass is 9.84. The Morgan fingerprint density at radius 1 is 1.17 bits per heavy atom. The van der Waals surface area contributed by atoms with Gasteiger partial charge in [-0.2, -0.15) is 0 Å². The van der Waals surface area contributed by atoms with Crippen LogP contribution in [0.5, 0.6) is 0 Å². The van der Waals surface area contributed by atoms with Gasteiger partial charge in [0.25, 0.3) is 0 Å². The summed E-state index contributed by atoms with van der Waals surface area (Å²) in [7, 11) is 0. The summed E-state index contributed by atoms with van der Waals surface area (Å²) < 4.78 is 15.3. The fraction of sp³-hybridized carbons (Fsp3) is 0.211. The minimum Gasteiger partial charge on any atom is -0.377 e. The molecular formula is C19H21ClFN5S3. The molecule has 1 heterocycles. The highest BCUT2D eigenvalue weighted by Crippen LogP contribution is 2.31. The Balaban J connectivity index is 0.000000687. The van der Waals surface area contributed by atoms with Crippen molar-refractivity contribution in [2.75, 3.05) is 11.9 Å². The maximum absolute atomic E-state index is 14.2. The van der Waals surface area contributed by atoms with Crippen molar-refractivity contribution in [3.05, 3.63) is 58.9 Å². The third kappa shape index (κ3) is 6.74. The average molecular weight is 470 g/mol. The van der Waals surface area contributed by atoms with Crippen molar-refractivity contribution in [3.63, 3.8) is 0 Å². The Kier molecular flexibility index (Phi) is 8.09. The molecule has 6 N–H and O–H groups in total. The molecule has 0 aliphatic carbocycles. The number of nitrogens with two attached hydrogens (primary N) is 2. The Labute approximate surface area is 188 Å². The van der Waals surface area contributed by atoms with Crippen molar-refractivity contribution in [1.29, 1.82) is 0 Å². The molecule has 0 bridgehead atoms. The zero-order valence-electron chi connectivity index (χ0n) is 15.8. The van der Waals surface area contributed by atoms with Crippen molar-refractivity contribution in [2.45, 2.75) is 19.3 Å². The maximum Gasteiger partial charge on any atom is 0.190 e. The SMILES string of the molecule is CC(C)(CNC(=S)Nc1nc2ccccc2s1)c1c(F)cccc1Cl.NC(N)=S. The lowest BCUT2D eigenvalue weighted by molar-refractivity contribution is 0.477. The molecule has 0 fully saturated rings. The fourth-order valence-corrected chi connectivity index (χ4v) is 4.12. The van der Waals surface area contributed by atoms with E-state index in [4.69, 9.17) is 23.8 Å². The minimum absolute atomic E-state index is 0.000000000000000222.